The van der Waals surface area contributed by atoms with Gasteiger partial charge in [0.25, 0.3) is 0 Å². The Bertz CT molecular complexity index is 629. The zero-order chi connectivity index (χ0) is 13.8. The minimum absolute atomic E-state index is 0.193. The van der Waals surface area contributed by atoms with Crippen molar-refractivity contribution in [1.82, 2.24) is 0 Å². The van der Waals surface area contributed by atoms with Crippen LogP contribution in [0.1, 0.15) is 21.8 Å². The fourth-order valence-corrected chi connectivity index (χ4v) is 2.21. The maximum Gasteiger partial charge on any atom is 0.184 e. The molecule has 0 amide bonds. The van der Waals surface area contributed by atoms with E-state index in [1.807, 2.05) is 12.1 Å². The van der Waals surface area contributed by atoms with Gasteiger partial charge >= 0.3 is 0 Å². The van der Waals surface area contributed by atoms with Gasteiger partial charge in [0.1, 0.15) is 5.92 Å². The number of nitriles is 1. The van der Waals surface area contributed by atoms with E-state index in [1.165, 1.54) is 0 Å². The number of carbonyl (C=O) groups is 1. The summed E-state index contributed by atoms with van der Waals surface area (Å²) in [4.78, 5) is 12.3. The van der Waals surface area contributed by atoms with Gasteiger partial charge in [-0.25, -0.2) is 0 Å². The summed E-state index contributed by atoms with van der Waals surface area (Å²) in [7, 11) is 0. The molecule has 0 spiro atoms. The van der Waals surface area contributed by atoms with Crippen LogP contribution in [0.4, 0.5) is 0 Å². The van der Waals surface area contributed by atoms with Gasteiger partial charge in [0.15, 0.2) is 5.78 Å². The van der Waals surface area contributed by atoms with E-state index >= 15 is 0 Å². The fraction of sp³-hybridized carbons (Fsp3) is 0.0667. The van der Waals surface area contributed by atoms with Crippen molar-refractivity contribution < 1.29 is 4.79 Å². The van der Waals surface area contributed by atoms with Gasteiger partial charge in [0.2, 0.25) is 0 Å². The van der Waals surface area contributed by atoms with Gasteiger partial charge in [0, 0.05) is 14.2 Å². The van der Waals surface area contributed by atoms with E-state index in [2.05, 4.69) is 28.7 Å². The van der Waals surface area contributed by atoms with Crippen LogP contribution < -0.4 is 0 Å². The molecule has 4 heteroatoms. The first kappa shape index (κ1) is 14.0. The van der Waals surface area contributed by atoms with E-state index in [-0.39, 0.29) is 5.78 Å². The third-order valence-electron chi connectivity index (χ3n) is 2.72. The maximum atomic E-state index is 12.3. The Balaban J connectivity index is 2.32. The molecule has 0 aliphatic heterocycles. The molecule has 0 saturated carbocycles. The van der Waals surface area contributed by atoms with Crippen molar-refractivity contribution in [3.05, 3.63) is 68.3 Å². The summed E-state index contributed by atoms with van der Waals surface area (Å²) < 4.78 is 1.05. The highest BCUT2D eigenvalue weighted by Gasteiger charge is 2.21. The highest BCUT2D eigenvalue weighted by Crippen LogP contribution is 2.22. The first-order valence-corrected chi connectivity index (χ1v) is 7.02. The highest BCUT2D eigenvalue weighted by molar-refractivity contribution is 14.1. The lowest BCUT2D eigenvalue weighted by Gasteiger charge is -2.08. The van der Waals surface area contributed by atoms with Gasteiger partial charge < -0.3 is 0 Å². The van der Waals surface area contributed by atoms with Crippen molar-refractivity contribution >= 4 is 40.0 Å². The Hall–Kier alpha value is -1.38. The van der Waals surface area contributed by atoms with Crippen molar-refractivity contribution in [2.45, 2.75) is 5.92 Å². The van der Waals surface area contributed by atoms with Gasteiger partial charge in [-0.05, 0) is 52.4 Å². The monoisotopic (exact) mass is 381 g/mol. The Morgan fingerprint density at radius 2 is 1.68 bits per heavy atom. The van der Waals surface area contributed by atoms with Crippen LogP contribution in [0.15, 0.2) is 48.5 Å². The molecule has 0 radical (unpaired) electrons. The summed E-state index contributed by atoms with van der Waals surface area (Å²) >= 11 is 7.98. The van der Waals surface area contributed by atoms with Crippen molar-refractivity contribution in [3.63, 3.8) is 0 Å². The van der Waals surface area contributed by atoms with E-state index < -0.39 is 5.92 Å². The summed E-state index contributed by atoms with van der Waals surface area (Å²) in [6.07, 6.45) is 0. The third-order valence-corrected chi connectivity index (χ3v) is 3.69. The van der Waals surface area contributed by atoms with Crippen molar-refractivity contribution in [3.8, 4) is 6.07 Å². The van der Waals surface area contributed by atoms with Crippen LogP contribution in [0.25, 0.3) is 0 Å². The van der Waals surface area contributed by atoms with Crippen LogP contribution in [-0.2, 0) is 0 Å². The average Bonchev–Trinajstić information content (AvgIpc) is 2.42. The number of nitrogens with zero attached hydrogens (tertiary/aromatic N) is 1. The maximum absolute atomic E-state index is 12.3. The van der Waals surface area contributed by atoms with Gasteiger partial charge in [-0.15, -0.1) is 0 Å². The summed E-state index contributed by atoms with van der Waals surface area (Å²) in [5, 5.41) is 9.82. The number of hydrogen-bond donors (Lipinski definition) is 0. The molecule has 2 aromatic rings. The van der Waals surface area contributed by atoms with E-state index in [4.69, 9.17) is 11.6 Å². The fourth-order valence-electron chi connectivity index (χ4n) is 1.72. The highest BCUT2D eigenvalue weighted by atomic mass is 127. The first-order chi connectivity index (χ1) is 9.11. The van der Waals surface area contributed by atoms with Gasteiger partial charge in [-0.1, -0.05) is 35.9 Å². The van der Waals surface area contributed by atoms with Gasteiger partial charge in [0.05, 0.1) is 6.07 Å². The van der Waals surface area contributed by atoms with Crippen molar-refractivity contribution in [1.29, 1.82) is 5.26 Å². The molecule has 0 fully saturated rings. The summed E-state index contributed by atoms with van der Waals surface area (Å²) in [5.74, 6) is -0.987. The average molecular weight is 382 g/mol. The standard InChI is InChI=1S/C15H9ClINO/c16-12-5-1-10(2-6-12)14(9-18)15(19)11-3-7-13(17)8-4-11/h1-8,14H. The summed E-state index contributed by atoms with van der Waals surface area (Å²) in [6.45, 7) is 0. The number of halogens is 2. The van der Waals surface area contributed by atoms with E-state index in [0.29, 0.717) is 16.1 Å². The van der Waals surface area contributed by atoms with E-state index in [1.54, 1.807) is 36.4 Å². The molecule has 0 bridgehead atoms. The molecule has 2 rings (SSSR count). The molecular weight excluding hydrogens is 373 g/mol. The van der Waals surface area contributed by atoms with Crippen LogP contribution in [0.2, 0.25) is 5.02 Å². The molecule has 19 heavy (non-hydrogen) atoms. The normalized spacial score (nSPS) is 11.6. The summed E-state index contributed by atoms with van der Waals surface area (Å²) in [5.41, 5.74) is 1.21. The number of Topliss-reactive ketones (excluding diaryl/α,β-unsaturated/α-hetero) is 1. The Morgan fingerprint density at radius 3 is 2.21 bits per heavy atom. The zero-order valence-electron chi connectivity index (χ0n) is 9.81. The lowest BCUT2D eigenvalue weighted by Crippen LogP contribution is -2.11. The van der Waals surface area contributed by atoms with E-state index in [9.17, 15) is 10.1 Å². The molecule has 0 aromatic heterocycles. The number of ketones is 1. The quantitative estimate of drug-likeness (QED) is 0.583. The molecule has 94 valence electrons. The molecule has 0 N–H and O–H groups in total. The lowest BCUT2D eigenvalue weighted by atomic mass is 9.92. The van der Waals surface area contributed by atoms with Crippen LogP contribution in [-0.4, -0.2) is 5.78 Å². The Kier molecular flexibility index (Phi) is 4.56. The second-order valence-corrected chi connectivity index (χ2v) is 5.67. The lowest BCUT2D eigenvalue weighted by molar-refractivity contribution is 0.0979. The minimum atomic E-state index is -0.794. The predicted molar refractivity (Wildman–Crippen MR) is 83.3 cm³/mol. The van der Waals surface area contributed by atoms with Gasteiger partial charge in [-0.3, -0.25) is 4.79 Å². The molecule has 2 nitrogen and oxygen atoms in total. The minimum Gasteiger partial charge on any atom is -0.292 e. The Labute approximate surface area is 130 Å². The van der Waals surface area contributed by atoms with E-state index in [0.717, 1.165) is 3.57 Å². The van der Waals surface area contributed by atoms with Crippen molar-refractivity contribution in [2.75, 3.05) is 0 Å². The van der Waals surface area contributed by atoms with Crippen LogP contribution in [0.5, 0.6) is 0 Å². The first-order valence-electron chi connectivity index (χ1n) is 5.56. The SMILES string of the molecule is N#CC(C(=O)c1ccc(I)cc1)c1ccc(Cl)cc1. The molecule has 1 atom stereocenters. The number of benzene rings is 2. The molecule has 2 aromatic carbocycles. The largest absolute Gasteiger partial charge is 0.292 e. The second-order valence-electron chi connectivity index (χ2n) is 3.98. The number of hydrogen-bond acceptors (Lipinski definition) is 2. The van der Waals surface area contributed by atoms with Gasteiger partial charge in [-0.2, -0.15) is 5.26 Å². The Morgan fingerprint density at radius 1 is 1.11 bits per heavy atom. The second kappa shape index (κ2) is 6.18. The number of rotatable bonds is 3. The smallest absolute Gasteiger partial charge is 0.184 e. The number of carbonyl (C=O) groups excluding carboxylic acids is 1. The van der Waals surface area contributed by atoms with Crippen LogP contribution >= 0.6 is 34.2 Å². The molecule has 0 aliphatic rings. The molecule has 1 unspecified atom stereocenters. The summed E-state index contributed by atoms with van der Waals surface area (Å²) in [6, 6.07) is 16.0. The predicted octanol–water partition coefficient (Wildman–Crippen LogP) is 4.43. The molecule has 0 heterocycles. The van der Waals surface area contributed by atoms with Crippen LogP contribution in [0.3, 0.4) is 0 Å². The topological polar surface area (TPSA) is 40.9 Å². The molecule has 0 aliphatic carbocycles. The third kappa shape index (κ3) is 3.34. The van der Waals surface area contributed by atoms with Crippen molar-refractivity contribution in [2.24, 2.45) is 0 Å². The molecular formula is C15H9ClINO. The molecule has 0 saturated heterocycles. The van der Waals surface area contributed by atoms with Crippen LogP contribution in [0, 0.1) is 14.9 Å². The zero-order valence-corrected chi connectivity index (χ0v) is 12.7.